The van der Waals surface area contributed by atoms with E-state index in [0.717, 1.165) is 15.7 Å². The van der Waals surface area contributed by atoms with Gasteiger partial charge in [0.2, 0.25) is 0 Å². The monoisotopic (exact) mass is 311 g/mol. The van der Waals surface area contributed by atoms with Gasteiger partial charge >= 0.3 is 0 Å². The maximum Gasteiger partial charge on any atom is 0.153 e. The lowest BCUT2D eigenvalue weighted by atomic mass is 10.2. The van der Waals surface area contributed by atoms with E-state index >= 15 is 0 Å². The average molecular weight is 313 g/mol. The van der Waals surface area contributed by atoms with Crippen LogP contribution in [0.5, 0.6) is 0 Å². The third-order valence-electron chi connectivity index (χ3n) is 2.30. The number of rotatable bonds is 2. The van der Waals surface area contributed by atoms with E-state index in [1.165, 1.54) is 0 Å². The minimum Gasteiger partial charge on any atom is -0.396 e. The highest BCUT2D eigenvalue weighted by molar-refractivity contribution is 9.10. The topological polar surface area (TPSA) is 50.9 Å². The van der Waals surface area contributed by atoms with Crippen molar-refractivity contribution in [1.29, 1.82) is 0 Å². The van der Waals surface area contributed by atoms with E-state index in [0.29, 0.717) is 16.5 Å². The standard InChI is InChI=1S/C12H11BrClN3/c1-7-4-9(2-3-10(7)13)17-12-11(15)5-8(14)6-16-12/h2-6H,15H2,1H3,(H,16,17). The van der Waals surface area contributed by atoms with Crippen LogP contribution in [-0.2, 0) is 0 Å². The molecule has 3 nitrogen and oxygen atoms in total. The number of nitrogens with zero attached hydrogens (tertiary/aromatic N) is 1. The number of nitrogens with one attached hydrogen (secondary N) is 1. The van der Waals surface area contributed by atoms with Crippen LogP contribution in [0.1, 0.15) is 5.56 Å². The van der Waals surface area contributed by atoms with Crippen molar-refractivity contribution in [2.75, 3.05) is 11.1 Å². The van der Waals surface area contributed by atoms with Gasteiger partial charge in [-0.1, -0.05) is 27.5 Å². The number of nitrogens with two attached hydrogens (primary N) is 1. The fourth-order valence-electron chi connectivity index (χ4n) is 1.42. The van der Waals surface area contributed by atoms with Gasteiger partial charge in [-0.15, -0.1) is 0 Å². The Hall–Kier alpha value is -1.26. The highest BCUT2D eigenvalue weighted by atomic mass is 79.9. The molecule has 2 aromatic rings. The van der Waals surface area contributed by atoms with Crippen LogP contribution in [0.25, 0.3) is 0 Å². The van der Waals surface area contributed by atoms with Gasteiger partial charge in [-0.2, -0.15) is 0 Å². The van der Waals surface area contributed by atoms with Gasteiger partial charge in [0.05, 0.1) is 10.7 Å². The Morgan fingerprint density at radius 1 is 1.35 bits per heavy atom. The number of halogens is 2. The van der Waals surface area contributed by atoms with Crippen LogP contribution in [-0.4, -0.2) is 4.98 Å². The molecule has 0 aliphatic heterocycles. The predicted octanol–water partition coefficient (Wildman–Crippen LogP) is 4.13. The van der Waals surface area contributed by atoms with E-state index in [1.807, 2.05) is 25.1 Å². The normalized spacial score (nSPS) is 10.3. The molecular weight excluding hydrogens is 302 g/mol. The SMILES string of the molecule is Cc1cc(Nc2ncc(Cl)cc2N)ccc1Br. The summed E-state index contributed by atoms with van der Waals surface area (Å²) < 4.78 is 1.07. The van der Waals surface area contributed by atoms with Crippen molar-refractivity contribution < 1.29 is 0 Å². The zero-order chi connectivity index (χ0) is 12.4. The van der Waals surface area contributed by atoms with Gasteiger partial charge in [-0.05, 0) is 36.8 Å². The molecule has 0 saturated carbocycles. The first-order valence-electron chi connectivity index (χ1n) is 5.00. The van der Waals surface area contributed by atoms with Gasteiger partial charge in [-0.3, -0.25) is 0 Å². The highest BCUT2D eigenvalue weighted by Crippen LogP contribution is 2.26. The minimum absolute atomic E-state index is 0.526. The third kappa shape index (κ3) is 2.90. The van der Waals surface area contributed by atoms with Crippen molar-refractivity contribution in [3.8, 4) is 0 Å². The Labute approximate surface area is 113 Å². The number of pyridine rings is 1. The number of anilines is 3. The number of hydrogen-bond acceptors (Lipinski definition) is 3. The number of aromatic nitrogens is 1. The van der Waals surface area contributed by atoms with E-state index in [1.54, 1.807) is 12.3 Å². The predicted molar refractivity (Wildman–Crippen MR) is 75.8 cm³/mol. The van der Waals surface area contributed by atoms with Crippen LogP contribution in [0.15, 0.2) is 34.9 Å². The fraction of sp³-hybridized carbons (Fsp3) is 0.0833. The van der Waals surface area contributed by atoms with Crippen LogP contribution in [0.3, 0.4) is 0 Å². The summed E-state index contributed by atoms with van der Waals surface area (Å²) in [5.41, 5.74) is 8.42. The van der Waals surface area contributed by atoms with Crippen LogP contribution >= 0.6 is 27.5 Å². The van der Waals surface area contributed by atoms with E-state index in [9.17, 15) is 0 Å². The summed E-state index contributed by atoms with van der Waals surface area (Å²) in [5.74, 6) is 0.608. The van der Waals surface area contributed by atoms with Gasteiger partial charge in [-0.25, -0.2) is 4.98 Å². The summed E-state index contributed by atoms with van der Waals surface area (Å²) in [6, 6.07) is 7.61. The zero-order valence-corrected chi connectivity index (χ0v) is 11.5. The number of aryl methyl sites for hydroxylation is 1. The van der Waals surface area contributed by atoms with Gasteiger partial charge in [0, 0.05) is 16.4 Å². The summed E-state index contributed by atoms with van der Waals surface area (Å²) in [6.45, 7) is 2.02. The largest absolute Gasteiger partial charge is 0.396 e. The summed E-state index contributed by atoms with van der Waals surface area (Å²) in [4.78, 5) is 4.15. The maximum absolute atomic E-state index is 5.82. The Morgan fingerprint density at radius 3 is 2.76 bits per heavy atom. The summed E-state index contributed by atoms with van der Waals surface area (Å²) in [6.07, 6.45) is 1.56. The molecule has 3 N–H and O–H groups in total. The third-order valence-corrected chi connectivity index (χ3v) is 3.40. The molecule has 0 saturated heterocycles. The van der Waals surface area contributed by atoms with Crippen LogP contribution in [0.4, 0.5) is 17.2 Å². The molecule has 0 atom stereocenters. The van der Waals surface area contributed by atoms with Crippen molar-refractivity contribution in [1.82, 2.24) is 4.98 Å². The van der Waals surface area contributed by atoms with Crippen LogP contribution < -0.4 is 11.1 Å². The molecule has 0 spiro atoms. The Kier molecular flexibility index (Phi) is 3.54. The smallest absolute Gasteiger partial charge is 0.153 e. The van der Waals surface area contributed by atoms with Crippen molar-refractivity contribution in [3.05, 3.63) is 45.5 Å². The van der Waals surface area contributed by atoms with Gasteiger partial charge < -0.3 is 11.1 Å². The van der Waals surface area contributed by atoms with E-state index < -0.39 is 0 Å². The molecule has 0 bridgehead atoms. The zero-order valence-electron chi connectivity index (χ0n) is 9.17. The quantitative estimate of drug-likeness (QED) is 0.876. The lowest BCUT2D eigenvalue weighted by Crippen LogP contribution is -1.99. The highest BCUT2D eigenvalue weighted by Gasteiger charge is 2.03. The Balaban J connectivity index is 2.28. The second kappa shape index (κ2) is 4.94. The first-order chi connectivity index (χ1) is 8.06. The Bertz CT molecular complexity index is 557. The summed E-state index contributed by atoms with van der Waals surface area (Å²) >= 11 is 9.24. The van der Waals surface area contributed by atoms with E-state index in [4.69, 9.17) is 17.3 Å². The van der Waals surface area contributed by atoms with Crippen molar-refractivity contribution in [3.63, 3.8) is 0 Å². The van der Waals surface area contributed by atoms with Crippen LogP contribution in [0.2, 0.25) is 5.02 Å². The average Bonchev–Trinajstić information content (AvgIpc) is 2.27. The van der Waals surface area contributed by atoms with Gasteiger partial charge in [0.25, 0.3) is 0 Å². The van der Waals surface area contributed by atoms with Gasteiger partial charge in [0.1, 0.15) is 0 Å². The Morgan fingerprint density at radius 2 is 2.12 bits per heavy atom. The fourth-order valence-corrected chi connectivity index (χ4v) is 1.83. The molecule has 2 rings (SSSR count). The lowest BCUT2D eigenvalue weighted by molar-refractivity contribution is 1.30. The molecule has 17 heavy (non-hydrogen) atoms. The summed E-state index contributed by atoms with van der Waals surface area (Å²) in [7, 11) is 0. The molecule has 1 aromatic carbocycles. The second-order valence-corrected chi connectivity index (χ2v) is 4.97. The number of benzene rings is 1. The molecule has 1 aromatic heterocycles. The lowest BCUT2D eigenvalue weighted by Gasteiger charge is -2.09. The minimum atomic E-state index is 0.526. The first kappa shape index (κ1) is 12.2. The van der Waals surface area contributed by atoms with Crippen molar-refractivity contribution in [2.24, 2.45) is 0 Å². The number of nitrogen functional groups attached to an aromatic ring is 1. The second-order valence-electron chi connectivity index (χ2n) is 3.68. The van der Waals surface area contributed by atoms with Gasteiger partial charge in [0.15, 0.2) is 5.82 Å². The maximum atomic E-state index is 5.82. The first-order valence-corrected chi connectivity index (χ1v) is 6.17. The molecule has 0 aliphatic carbocycles. The summed E-state index contributed by atoms with van der Waals surface area (Å²) in [5, 5.41) is 3.68. The van der Waals surface area contributed by atoms with E-state index in [2.05, 4.69) is 26.2 Å². The molecule has 0 amide bonds. The molecule has 88 valence electrons. The number of hydrogen-bond donors (Lipinski definition) is 2. The molecule has 0 radical (unpaired) electrons. The molecular formula is C12H11BrClN3. The molecule has 0 aliphatic rings. The molecule has 0 fully saturated rings. The van der Waals surface area contributed by atoms with E-state index in [-0.39, 0.29) is 0 Å². The van der Waals surface area contributed by atoms with Crippen LogP contribution in [0, 0.1) is 6.92 Å². The molecule has 0 unspecified atom stereocenters. The van der Waals surface area contributed by atoms with Crippen molar-refractivity contribution >= 4 is 44.7 Å². The molecule has 1 heterocycles. The molecule has 5 heteroatoms. The van der Waals surface area contributed by atoms with Crippen molar-refractivity contribution in [2.45, 2.75) is 6.92 Å².